The molecule has 3 aliphatic heterocycles. The van der Waals surface area contributed by atoms with E-state index in [1.165, 1.54) is 18.3 Å². The lowest BCUT2D eigenvalue weighted by Gasteiger charge is -2.39. The predicted octanol–water partition coefficient (Wildman–Crippen LogP) is 2.72. The Morgan fingerprint density at radius 3 is 2.43 bits per heavy atom. The van der Waals surface area contributed by atoms with E-state index in [4.69, 9.17) is 9.79 Å². The molecule has 0 bridgehead atoms. The second-order valence-corrected chi connectivity index (χ2v) is 15.5. The van der Waals surface area contributed by atoms with Gasteiger partial charge in [0, 0.05) is 48.7 Å². The number of nitrogens with one attached hydrogen (secondary N) is 2. The maximum Gasteiger partial charge on any atom is 0.399 e. The topological polar surface area (TPSA) is 176 Å². The van der Waals surface area contributed by atoms with Crippen LogP contribution < -0.4 is 5.32 Å². The van der Waals surface area contributed by atoms with Crippen molar-refractivity contribution in [3.63, 3.8) is 0 Å². The van der Waals surface area contributed by atoms with Crippen molar-refractivity contribution >= 4 is 52.6 Å². The zero-order chi connectivity index (χ0) is 33.2. The van der Waals surface area contributed by atoms with Crippen LogP contribution in [0.3, 0.4) is 0 Å². The van der Waals surface area contributed by atoms with Gasteiger partial charge in [-0.1, -0.05) is 6.07 Å². The van der Waals surface area contributed by atoms with Gasteiger partial charge in [0.1, 0.15) is 17.8 Å². The third kappa shape index (κ3) is 5.85. The van der Waals surface area contributed by atoms with Crippen molar-refractivity contribution in [2.75, 3.05) is 26.2 Å². The zero-order valence-electron chi connectivity index (χ0n) is 25.1. The van der Waals surface area contributed by atoms with Gasteiger partial charge < -0.3 is 29.8 Å². The fraction of sp³-hybridized carbons (Fsp3) is 0.500. The van der Waals surface area contributed by atoms with Gasteiger partial charge in [0.25, 0.3) is 11.8 Å². The van der Waals surface area contributed by atoms with Crippen molar-refractivity contribution in [3.8, 4) is 0 Å². The monoisotopic (exact) mass is 690 g/mol. The number of rotatable bonds is 6. The molecule has 0 unspecified atom stereocenters. The van der Waals surface area contributed by atoms with Gasteiger partial charge in [-0.05, 0) is 73.6 Å². The Morgan fingerprint density at radius 2 is 1.72 bits per heavy atom. The lowest BCUT2D eigenvalue weighted by Crippen LogP contribution is -2.59. The standard InChI is InChI=1S/C30H33F2N6O7PS/c31-30(32,46(43,44)45)19-1-4-24-18(12-19)15-25(47-24)26(39)34-22-14-17-11-16(17)13-20-2-3-23(38(20)28(22)41)29(42)37-9-7-36(8-10-37)27(40)21-5-6-33-35-21/h1,4-6,12,15-17,20,22-23H,2-3,7-11,13-14H2,(H,33,35)(H,34,39)(H2,43,44,45)/t16-,17+,20-,22+,23+/m1/s1. The molecule has 1 aliphatic carbocycles. The summed E-state index contributed by atoms with van der Waals surface area (Å²) in [4.78, 5) is 77.5. The minimum Gasteiger partial charge on any atom is -0.340 e. The van der Waals surface area contributed by atoms with Crippen LogP contribution >= 0.6 is 18.9 Å². The first kappa shape index (κ1) is 31.9. The number of alkyl halides is 2. The summed E-state index contributed by atoms with van der Waals surface area (Å²) in [6.07, 6.45) is 4.88. The Bertz CT molecular complexity index is 1790. The quantitative estimate of drug-likeness (QED) is 0.286. The van der Waals surface area contributed by atoms with E-state index in [0.717, 1.165) is 36.3 Å². The van der Waals surface area contributed by atoms with Crippen LogP contribution in [-0.4, -0.2) is 103 Å². The molecule has 7 rings (SSSR count). The molecule has 1 saturated carbocycles. The van der Waals surface area contributed by atoms with E-state index in [1.807, 2.05) is 0 Å². The lowest BCUT2D eigenvalue weighted by molar-refractivity contribution is -0.148. The Hall–Kier alpha value is -3.72. The molecule has 0 spiro atoms. The number of aromatic amines is 1. The van der Waals surface area contributed by atoms with Gasteiger partial charge in [-0.15, -0.1) is 11.3 Å². The van der Waals surface area contributed by atoms with Crippen molar-refractivity contribution in [1.29, 1.82) is 0 Å². The number of H-pyrrole nitrogens is 1. The van der Waals surface area contributed by atoms with E-state index in [-0.39, 0.29) is 39.9 Å². The van der Waals surface area contributed by atoms with Crippen LogP contribution in [-0.2, 0) is 19.8 Å². The van der Waals surface area contributed by atoms with Crippen molar-refractivity contribution in [1.82, 2.24) is 30.2 Å². The highest BCUT2D eigenvalue weighted by Crippen LogP contribution is 2.59. The van der Waals surface area contributed by atoms with E-state index in [9.17, 15) is 32.5 Å². The number of hydrogen-bond donors (Lipinski definition) is 4. The van der Waals surface area contributed by atoms with Crippen LogP contribution in [0.5, 0.6) is 0 Å². The maximum atomic E-state index is 14.3. The molecular weight excluding hydrogens is 657 g/mol. The molecule has 5 atom stereocenters. The number of amides is 4. The minimum atomic E-state index is -5.77. The normalized spacial score (nSPS) is 26.4. The molecule has 3 saturated heterocycles. The van der Waals surface area contributed by atoms with Crippen LogP contribution in [0.25, 0.3) is 10.1 Å². The van der Waals surface area contributed by atoms with E-state index in [1.54, 1.807) is 20.8 Å². The third-order valence-corrected chi connectivity index (χ3v) is 12.0. The Labute approximate surface area is 271 Å². The van der Waals surface area contributed by atoms with Crippen molar-refractivity contribution in [3.05, 3.63) is 52.7 Å². The van der Waals surface area contributed by atoms with Crippen LogP contribution in [0.15, 0.2) is 36.5 Å². The summed E-state index contributed by atoms with van der Waals surface area (Å²) in [5.74, 6) is -0.560. The summed E-state index contributed by atoms with van der Waals surface area (Å²) in [7, 11) is -5.77. The number of thiophene rings is 1. The highest BCUT2D eigenvalue weighted by molar-refractivity contribution is 7.52. The Morgan fingerprint density at radius 1 is 1.00 bits per heavy atom. The molecule has 47 heavy (non-hydrogen) atoms. The number of halogens is 2. The molecule has 4 aliphatic rings. The van der Waals surface area contributed by atoms with Crippen LogP contribution in [0.1, 0.15) is 57.8 Å². The first-order valence-electron chi connectivity index (χ1n) is 15.5. The van der Waals surface area contributed by atoms with Gasteiger partial charge in [-0.3, -0.25) is 28.8 Å². The molecule has 0 radical (unpaired) electrons. The fourth-order valence-corrected chi connectivity index (χ4v) is 8.68. The van der Waals surface area contributed by atoms with E-state index in [0.29, 0.717) is 61.8 Å². The van der Waals surface area contributed by atoms with Gasteiger partial charge in [0.05, 0.1) is 4.88 Å². The molecule has 13 nitrogen and oxygen atoms in total. The second kappa shape index (κ2) is 11.8. The molecule has 17 heteroatoms. The van der Waals surface area contributed by atoms with Gasteiger partial charge in [-0.25, -0.2) is 0 Å². The molecule has 1 aromatic carbocycles. The van der Waals surface area contributed by atoms with Crippen molar-refractivity contribution in [2.45, 2.75) is 55.9 Å². The molecule has 5 heterocycles. The molecule has 3 aromatic rings. The van der Waals surface area contributed by atoms with E-state index in [2.05, 4.69) is 15.5 Å². The number of aromatic nitrogens is 2. The average Bonchev–Trinajstić information content (AvgIpc) is 3.46. The first-order chi connectivity index (χ1) is 22.3. The number of hydrogen-bond acceptors (Lipinski definition) is 7. The summed E-state index contributed by atoms with van der Waals surface area (Å²) in [5, 5.41) is 9.56. The van der Waals surface area contributed by atoms with Crippen molar-refractivity contribution in [2.24, 2.45) is 11.8 Å². The number of carbonyl (C=O) groups is 4. The Balaban J connectivity index is 1.06. The van der Waals surface area contributed by atoms with Gasteiger partial charge in [0.15, 0.2) is 0 Å². The predicted molar refractivity (Wildman–Crippen MR) is 165 cm³/mol. The summed E-state index contributed by atoms with van der Waals surface area (Å²) in [6, 6.07) is 4.45. The number of piperazine rings is 1. The minimum absolute atomic E-state index is 0.118. The van der Waals surface area contributed by atoms with Gasteiger partial charge >= 0.3 is 13.3 Å². The fourth-order valence-electron chi connectivity index (χ4n) is 7.26. The number of fused-ring (bicyclic) bond motifs is 3. The highest BCUT2D eigenvalue weighted by Gasteiger charge is 2.52. The second-order valence-electron chi connectivity index (χ2n) is 12.8. The van der Waals surface area contributed by atoms with Gasteiger partial charge in [0.2, 0.25) is 11.8 Å². The zero-order valence-corrected chi connectivity index (χ0v) is 26.8. The molecular formula is C30H33F2N6O7PS. The first-order valence-corrected chi connectivity index (χ1v) is 17.9. The third-order valence-electron chi connectivity index (χ3n) is 9.89. The number of benzene rings is 1. The highest BCUT2D eigenvalue weighted by atomic mass is 32.1. The number of nitrogens with zero attached hydrogens (tertiary/aromatic N) is 4. The van der Waals surface area contributed by atoms with Crippen LogP contribution in [0.4, 0.5) is 8.78 Å². The van der Waals surface area contributed by atoms with Crippen LogP contribution in [0.2, 0.25) is 0 Å². The summed E-state index contributed by atoms with van der Waals surface area (Å²) in [6.45, 7) is 1.37. The average molecular weight is 691 g/mol. The largest absolute Gasteiger partial charge is 0.399 e. The lowest BCUT2D eigenvalue weighted by atomic mass is 9.99. The Kier molecular flexibility index (Phi) is 7.97. The SMILES string of the molecule is O=C(N[C@H]1C[C@@H]2C[C@@H]2C[C@H]2CC[C@@H](C(=O)N3CCN(C(=O)c4ccn[nH]4)CC3)N2C1=O)c1cc2cc(C(F)(F)P(=O)(O)O)ccc2s1. The van der Waals surface area contributed by atoms with Gasteiger partial charge in [-0.2, -0.15) is 13.9 Å². The molecule has 250 valence electrons. The summed E-state index contributed by atoms with van der Waals surface area (Å²) >= 11 is 1.02. The van der Waals surface area contributed by atoms with E-state index < -0.39 is 36.8 Å². The molecule has 4 fully saturated rings. The molecule has 4 amide bonds. The van der Waals surface area contributed by atoms with Crippen LogP contribution in [0, 0.1) is 11.8 Å². The maximum absolute atomic E-state index is 14.3. The molecule has 2 aromatic heterocycles. The summed E-state index contributed by atoms with van der Waals surface area (Å²) < 4.78 is 40.4. The molecule has 4 N–H and O–H groups in total. The number of carbonyl (C=O) groups excluding carboxylic acids is 4. The van der Waals surface area contributed by atoms with E-state index >= 15 is 0 Å². The smallest absolute Gasteiger partial charge is 0.340 e. The summed E-state index contributed by atoms with van der Waals surface area (Å²) in [5.41, 5.74) is -4.87. The van der Waals surface area contributed by atoms with Crippen molar-refractivity contribution < 1.29 is 42.3 Å².